The van der Waals surface area contributed by atoms with Gasteiger partial charge in [0.15, 0.2) is 0 Å². The van der Waals surface area contributed by atoms with Gasteiger partial charge in [-0.1, -0.05) is 23.2 Å². The standard InChI is InChI=1S/C13H21Cl2N3/c1-4-18(7-5-6-17(2)3)13-9-11(15)10(14)8-12(13)16/h8-9H,4-7,16H2,1-3H3. The molecular formula is C13H21Cl2N3. The predicted octanol–water partition coefficient (Wildman–Crippen LogP) is 3.35. The summed E-state index contributed by atoms with van der Waals surface area (Å²) in [4.78, 5) is 4.40. The molecule has 0 aromatic heterocycles. The number of rotatable bonds is 6. The van der Waals surface area contributed by atoms with Crippen molar-refractivity contribution in [1.29, 1.82) is 0 Å². The molecule has 0 heterocycles. The average molecular weight is 290 g/mol. The fraction of sp³-hybridized carbons (Fsp3) is 0.538. The Kier molecular flexibility index (Phi) is 6.06. The highest BCUT2D eigenvalue weighted by Gasteiger charge is 2.11. The van der Waals surface area contributed by atoms with E-state index in [2.05, 4.69) is 30.8 Å². The molecule has 0 radical (unpaired) electrons. The highest BCUT2D eigenvalue weighted by atomic mass is 35.5. The van der Waals surface area contributed by atoms with E-state index in [1.165, 1.54) is 0 Å². The molecule has 0 fully saturated rings. The van der Waals surface area contributed by atoms with E-state index in [4.69, 9.17) is 28.9 Å². The minimum absolute atomic E-state index is 0.502. The molecular weight excluding hydrogens is 269 g/mol. The lowest BCUT2D eigenvalue weighted by atomic mass is 10.2. The van der Waals surface area contributed by atoms with Gasteiger partial charge in [0, 0.05) is 13.1 Å². The summed E-state index contributed by atoms with van der Waals surface area (Å²) in [6, 6.07) is 3.56. The summed E-state index contributed by atoms with van der Waals surface area (Å²) in [7, 11) is 4.15. The molecule has 1 aromatic rings. The summed E-state index contributed by atoms with van der Waals surface area (Å²) in [6.07, 6.45) is 1.08. The number of nitrogen functional groups attached to an aromatic ring is 1. The monoisotopic (exact) mass is 289 g/mol. The second-order valence-electron chi connectivity index (χ2n) is 4.56. The molecule has 0 saturated carbocycles. The molecule has 18 heavy (non-hydrogen) atoms. The number of benzene rings is 1. The molecule has 5 heteroatoms. The van der Waals surface area contributed by atoms with E-state index < -0.39 is 0 Å². The number of nitrogens with zero attached hydrogens (tertiary/aromatic N) is 2. The molecule has 0 amide bonds. The van der Waals surface area contributed by atoms with Crippen molar-refractivity contribution in [3.8, 4) is 0 Å². The predicted molar refractivity (Wildman–Crippen MR) is 81.9 cm³/mol. The van der Waals surface area contributed by atoms with Gasteiger partial charge in [0.1, 0.15) is 0 Å². The molecule has 0 saturated heterocycles. The van der Waals surface area contributed by atoms with Crippen LogP contribution in [0.25, 0.3) is 0 Å². The van der Waals surface area contributed by atoms with Crippen molar-refractivity contribution < 1.29 is 0 Å². The van der Waals surface area contributed by atoms with Crippen LogP contribution >= 0.6 is 23.2 Å². The number of halogens is 2. The summed E-state index contributed by atoms with van der Waals surface area (Å²) in [6.45, 7) is 5.02. The van der Waals surface area contributed by atoms with Crippen LogP contribution in [0.2, 0.25) is 10.0 Å². The smallest absolute Gasteiger partial charge is 0.0615 e. The van der Waals surface area contributed by atoms with Crippen LogP contribution in [-0.2, 0) is 0 Å². The van der Waals surface area contributed by atoms with Crippen LogP contribution in [0.3, 0.4) is 0 Å². The van der Waals surface area contributed by atoms with Crippen molar-refractivity contribution in [3.05, 3.63) is 22.2 Å². The molecule has 1 aromatic carbocycles. The molecule has 0 unspecified atom stereocenters. The van der Waals surface area contributed by atoms with Crippen molar-refractivity contribution in [1.82, 2.24) is 4.90 Å². The molecule has 3 nitrogen and oxygen atoms in total. The third kappa shape index (κ3) is 4.23. The summed E-state index contributed by atoms with van der Waals surface area (Å²) < 4.78 is 0. The van der Waals surface area contributed by atoms with Gasteiger partial charge in [-0.05, 0) is 46.1 Å². The first-order valence-electron chi connectivity index (χ1n) is 6.10. The van der Waals surface area contributed by atoms with Gasteiger partial charge in [0.2, 0.25) is 0 Å². The highest BCUT2D eigenvalue weighted by Crippen LogP contribution is 2.33. The van der Waals surface area contributed by atoms with E-state index in [1.807, 2.05) is 6.07 Å². The van der Waals surface area contributed by atoms with Crippen LogP contribution in [-0.4, -0.2) is 38.6 Å². The van der Waals surface area contributed by atoms with Crippen molar-refractivity contribution in [2.75, 3.05) is 44.4 Å². The van der Waals surface area contributed by atoms with Gasteiger partial charge in [-0.2, -0.15) is 0 Å². The Morgan fingerprint density at radius 2 is 1.72 bits per heavy atom. The van der Waals surface area contributed by atoms with E-state index in [0.717, 1.165) is 31.7 Å². The first-order chi connectivity index (χ1) is 8.45. The maximum absolute atomic E-state index is 6.05. The maximum Gasteiger partial charge on any atom is 0.0615 e. The highest BCUT2D eigenvalue weighted by molar-refractivity contribution is 6.42. The Morgan fingerprint density at radius 1 is 1.11 bits per heavy atom. The summed E-state index contributed by atoms with van der Waals surface area (Å²) >= 11 is 12.0. The molecule has 0 atom stereocenters. The lowest BCUT2D eigenvalue weighted by Crippen LogP contribution is -2.27. The second kappa shape index (κ2) is 7.07. The van der Waals surface area contributed by atoms with Crippen LogP contribution in [0.5, 0.6) is 0 Å². The van der Waals surface area contributed by atoms with Crippen LogP contribution in [0.4, 0.5) is 11.4 Å². The van der Waals surface area contributed by atoms with E-state index in [-0.39, 0.29) is 0 Å². The van der Waals surface area contributed by atoms with Gasteiger partial charge in [0.05, 0.1) is 21.4 Å². The molecule has 0 bridgehead atoms. The number of anilines is 2. The van der Waals surface area contributed by atoms with Gasteiger partial charge in [0.25, 0.3) is 0 Å². The second-order valence-corrected chi connectivity index (χ2v) is 5.38. The zero-order valence-corrected chi connectivity index (χ0v) is 12.7. The van der Waals surface area contributed by atoms with Crippen molar-refractivity contribution in [2.45, 2.75) is 13.3 Å². The third-order valence-corrected chi connectivity index (χ3v) is 3.55. The van der Waals surface area contributed by atoms with Crippen molar-refractivity contribution in [3.63, 3.8) is 0 Å². The molecule has 0 aliphatic rings. The molecule has 102 valence electrons. The molecule has 0 aliphatic heterocycles. The van der Waals surface area contributed by atoms with Crippen LogP contribution < -0.4 is 10.6 Å². The van der Waals surface area contributed by atoms with Gasteiger partial charge in [-0.25, -0.2) is 0 Å². The van der Waals surface area contributed by atoms with Gasteiger partial charge in [-0.3, -0.25) is 0 Å². The molecule has 0 aliphatic carbocycles. The largest absolute Gasteiger partial charge is 0.397 e. The van der Waals surface area contributed by atoms with Crippen molar-refractivity contribution in [2.24, 2.45) is 0 Å². The summed E-state index contributed by atoms with van der Waals surface area (Å²) in [5, 5.41) is 1.05. The fourth-order valence-electron chi connectivity index (χ4n) is 1.85. The van der Waals surface area contributed by atoms with E-state index in [9.17, 15) is 0 Å². The van der Waals surface area contributed by atoms with Crippen LogP contribution in [0, 0.1) is 0 Å². The van der Waals surface area contributed by atoms with Gasteiger partial charge in [-0.15, -0.1) is 0 Å². The minimum atomic E-state index is 0.502. The van der Waals surface area contributed by atoms with E-state index in [1.54, 1.807) is 6.07 Å². The molecule has 1 rings (SSSR count). The third-order valence-electron chi connectivity index (χ3n) is 2.83. The van der Waals surface area contributed by atoms with E-state index in [0.29, 0.717) is 15.7 Å². The van der Waals surface area contributed by atoms with Crippen LogP contribution in [0.1, 0.15) is 13.3 Å². The van der Waals surface area contributed by atoms with Gasteiger partial charge < -0.3 is 15.5 Å². The summed E-state index contributed by atoms with van der Waals surface area (Å²) in [5.74, 6) is 0. The zero-order valence-electron chi connectivity index (χ0n) is 11.2. The summed E-state index contributed by atoms with van der Waals surface area (Å²) in [5.41, 5.74) is 7.64. The average Bonchev–Trinajstić information content (AvgIpc) is 2.30. The first kappa shape index (κ1) is 15.4. The van der Waals surface area contributed by atoms with Gasteiger partial charge >= 0.3 is 0 Å². The normalized spacial score (nSPS) is 11.0. The van der Waals surface area contributed by atoms with E-state index >= 15 is 0 Å². The minimum Gasteiger partial charge on any atom is -0.397 e. The molecule has 2 N–H and O–H groups in total. The molecule has 0 spiro atoms. The quantitative estimate of drug-likeness (QED) is 0.815. The topological polar surface area (TPSA) is 32.5 Å². The Hall–Kier alpha value is -0.640. The fourth-order valence-corrected chi connectivity index (χ4v) is 2.18. The lowest BCUT2D eigenvalue weighted by molar-refractivity contribution is 0.400. The first-order valence-corrected chi connectivity index (χ1v) is 6.85. The maximum atomic E-state index is 6.05. The number of hydrogen-bond acceptors (Lipinski definition) is 3. The number of nitrogens with two attached hydrogens (primary N) is 1. The Balaban J connectivity index is 2.78. The van der Waals surface area contributed by atoms with Crippen molar-refractivity contribution >= 4 is 34.6 Å². The SMILES string of the molecule is CCN(CCCN(C)C)c1cc(Cl)c(Cl)cc1N. The zero-order chi connectivity index (χ0) is 13.7. The number of hydrogen-bond donors (Lipinski definition) is 1. The van der Waals surface area contributed by atoms with Crippen LogP contribution in [0.15, 0.2) is 12.1 Å². The Bertz CT molecular complexity index is 394. The lowest BCUT2D eigenvalue weighted by Gasteiger charge is -2.25. The Labute approximate surface area is 119 Å². The Morgan fingerprint density at radius 3 is 2.28 bits per heavy atom.